The molecule has 48 heavy (non-hydrogen) atoms. The molecule has 15 nitrogen and oxygen atoms in total. The standard InChI is InChI=1S/C29H35F3N6O9S/c30-29(31,32)28(36-37-28)17-5-6-18(26(42)47-38-23(40)7-8-24(38)41)20(15-17)46-14-13-45-12-11-44-10-9-33-22(39)4-2-1-3-21-25-19(16-48-21)34-27(43)35-25/h5-6,15,19,21,25H,1-4,7-14,16H2,(H,33,39)(H2,34,35,43)/t19-,21-,25-/m0/s1. The van der Waals surface area contributed by atoms with Crippen LogP contribution in [0.2, 0.25) is 0 Å². The largest absolute Gasteiger partial charge is 0.490 e. The topological polar surface area (TPSA) is 186 Å². The number of hydroxylamine groups is 2. The number of alkyl halides is 3. The monoisotopic (exact) mass is 700 g/mol. The lowest BCUT2D eigenvalue weighted by atomic mass is 10.0. The Kier molecular flexibility index (Phi) is 11.4. The summed E-state index contributed by atoms with van der Waals surface area (Å²) in [7, 11) is 0. The molecule has 1 aromatic carbocycles. The number of carbonyl (C=O) groups excluding carboxylic acids is 5. The van der Waals surface area contributed by atoms with Gasteiger partial charge in [0.15, 0.2) is 0 Å². The van der Waals surface area contributed by atoms with Crippen LogP contribution in [0.25, 0.3) is 0 Å². The van der Waals surface area contributed by atoms with E-state index in [2.05, 4.69) is 26.2 Å². The quantitative estimate of drug-likeness (QED) is 0.117. The van der Waals surface area contributed by atoms with E-state index in [-0.39, 0.29) is 81.2 Å². The van der Waals surface area contributed by atoms with Gasteiger partial charge in [0.1, 0.15) is 17.9 Å². The maximum Gasteiger partial charge on any atom is 0.442 e. The Bertz CT molecular complexity index is 1410. The maximum atomic E-state index is 13.6. The molecule has 0 spiro atoms. The average molecular weight is 701 g/mol. The predicted octanol–water partition coefficient (Wildman–Crippen LogP) is 2.34. The summed E-state index contributed by atoms with van der Waals surface area (Å²) in [6.45, 7) is 0.731. The number of unbranched alkanes of at least 4 members (excludes halogenated alkanes) is 1. The minimum atomic E-state index is -4.82. The van der Waals surface area contributed by atoms with E-state index in [0.717, 1.165) is 43.2 Å². The Morgan fingerprint density at radius 2 is 1.71 bits per heavy atom. The summed E-state index contributed by atoms with van der Waals surface area (Å²) < 4.78 is 57.1. The number of rotatable bonds is 18. The molecule has 3 atom stereocenters. The highest BCUT2D eigenvalue weighted by atomic mass is 32.2. The molecule has 5 amide bonds. The maximum absolute atomic E-state index is 13.6. The summed E-state index contributed by atoms with van der Waals surface area (Å²) >= 11 is 1.84. The van der Waals surface area contributed by atoms with Gasteiger partial charge in [0, 0.05) is 42.4 Å². The van der Waals surface area contributed by atoms with Crippen molar-refractivity contribution in [3.05, 3.63) is 29.3 Å². The number of fused-ring (bicyclic) bond motifs is 1. The molecular formula is C29H35F3N6O9S. The number of ether oxygens (including phenoxy) is 3. The summed E-state index contributed by atoms with van der Waals surface area (Å²) in [6, 6.07) is 3.18. The van der Waals surface area contributed by atoms with Crippen LogP contribution in [0.4, 0.5) is 18.0 Å². The zero-order valence-electron chi connectivity index (χ0n) is 25.7. The molecule has 4 heterocycles. The summed E-state index contributed by atoms with van der Waals surface area (Å²) in [4.78, 5) is 64.9. The van der Waals surface area contributed by atoms with Crippen LogP contribution in [0.5, 0.6) is 5.75 Å². The number of urea groups is 1. The van der Waals surface area contributed by atoms with Crippen molar-refractivity contribution in [2.45, 2.75) is 67.7 Å². The van der Waals surface area contributed by atoms with Crippen LogP contribution in [0, 0.1) is 0 Å². The molecule has 0 aliphatic carbocycles. The van der Waals surface area contributed by atoms with Crippen molar-refractivity contribution in [3.8, 4) is 5.75 Å². The van der Waals surface area contributed by atoms with Gasteiger partial charge in [-0.15, -0.1) is 15.3 Å². The lowest BCUT2D eigenvalue weighted by Crippen LogP contribution is -2.36. The van der Waals surface area contributed by atoms with Gasteiger partial charge in [-0.05, 0) is 25.0 Å². The molecule has 0 bridgehead atoms. The van der Waals surface area contributed by atoms with E-state index in [0.29, 0.717) is 23.3 Å². The number of carbonyl (C=O) groups is 5. The van der Waals surface area contributed by atoms with Crippen molar-refractivity contribution >= 4 is 41.5 Å². The van der Waals surface area contributed by atoms with Crippen LogP contribution in [-0.2, 0) is 34.4 Å². The molecule has 1 aromatic rings. The van der Waals surface area contributed by atoms with E-state index in [9.17, 15) is 37.1 Å². The Labute approximate surface area is 276 Å². The second-order valence-electron chi connectivity index (χ2n) is 11.3. The molecule has 3 N–H and O–H groups in total. The molecule has 0 radical (unpaired) electrons. The van der Waals surface area contributed by atoms with Gasteiger partial charge in [-0.2, -0.15) is 24.9 Å². The first-order chi connectivity index (χ1) is 23.0. The second-order valence-corrected chi connectivity index (χ2v) is 12.6. The molecular weight excluding hydrogens is 665 g/mol. The molecule has 262 valence electrons. The van der Waals surface area contributed by atoms with Crippen molar-refractivity contribution in [2.24, 2.45) is 10.2 Å². The zero-order valence-corrected chi connectivity index (χ0v) is 26.5. The van der Waals surface area contributed by atoms with Crippen molar-refractivity contribution in [1.29, 1.82) is 0 Å². The van der Waals surface area contributed by atoms with Crippen molar-refractivity contribution in [3.63, 3.8) is 0 Å². The first-order valence-electron chi connectivity index (χ1n) is 15.5. The fourth-order valence-corrected chi connectivity index (χ4v) is 6.96. The zero-order chi connectivity index (χ0) is 34.3. The molecule has 3 fully saturated rings. The van der Waals surface area contributed by atoms with Gasteiger partial charge in [0.05, 0.1) is 38.5 Å². The number of thioether (sulfide) groups is 1. The van der Waals surface area contributed by atoms with E-state index in [1.165, 1.54) is 0 Å². The number of hydrogen-bond acceptors (Lipinski definition) is 12. The van der Waals surface area contributed by atoms with E-state index >= 15 is 0 Å². The van der Waals surface area contributed by atoms with Crippen LogP contribution in [-0.4, -0.2) is 104 Å². The van der Waals surface area contributed by atoms with Gasteiger partial charge in [-0.1, -0.05) is 12.5 Å². The highest BCUT2D eigenvalue weighted by Crippen LogP contribution is 2.53. The SMILES string of the molecule is O=C(CCCC[C@@H]1SC[C@@H]2NC(=O)N[C@@H]21)NCCOCCOCCOc1cc(C2(C(F)(F)F)N=N2)ccc1C(=O)ON1C(=O)CCC1=O. The van der Waals surface area contributed by atoms with E-state index in [1.54, 1.807) is 0 Å². The van der Waals surface area contributed by atoms with Crippen molar-refractivity contribution in [2.75, 3.05) is 45.3 Å². The second kappa shape index (κ2) is 15.5. The third-order valence-corrected chi connectivity index (χ3v) is 9.49. The van der Waals surface area contributed by atoms with Crippen LogP contribution in [0.1, 0.15) is 54.4 Å². The van der Waals surface area contributed by atoms with Gasteiger partial charge in [0.25, 0.3) is 11.8 Å². The van der Waals surface area contributed by atoms with Gasteiger partial charge < -0.3 is 35.0 Å². The number of amides is 5. The lowest BCUT2D eigenvalue weighted by molar-refractivity contribution is -0.172. The van der Waals surface area contributed by atoms with Gasteiger partial charge in [0.2, 0.25) is 5.91 Å². The molecule has 3 saturated heterocycles. The number of nitrogens with one attached hydrogen (secondary N) is 3. The highest BCUT2D eigenvalue weighted by molar-refractivity contribution is 8.00. The summed E-state index contributed by atoms with van der Waals surface area (Å²) in [5.41, 5.74) is -3.48. The number of hydrogen-bond donors (Lipinski definition) is 3. The third kappa shape index (κ3) is 8.54. The molecule has 0 unspecified atom stereocenters. The number of halogens is 3. The number of benzene rings is 1. The van der Waals surface area contributed by atoms with E-state index < -0.39 is 35.2 Å². The van der Waals surface area contributed by atoms with Crippen LogP contribution < -0.4 is 20.7 Å². The average Bonchev–Trinajstić information content (AvgIpc) is 3.58. The first-order valence-corrected chi connectivity index (χ1v) is 16.5. The van der Waals surface area contributed by atoms with Crippen LogP contribution in [0.15, 0.2) is 28.4 Å². The number of nitrogens with zero attached hydrogens (tertiary/aromatic N) is 3. The summed E-state index contributed by atoms with van der Waals surface area (Å²) in [6.07, 6.45) is -2.12. The van der Waals surface area contributed by atoms with Crippen molar-refractivity contribution in [1.82, 2.24) is 21.0 Å². The third-order valence-electron chi connectivity index (χ3n) is 7.99. The van der Waals surface area contributed by atoms with Crippen LogP contribution in [0.3, 0.4) is 0 Å². The molecule has 0 saturated carbocycles. The summed E-state index contributed by atoms with van der Waals surface area (Å²) in [5.74, 6) is -2.10. The Hall–Kier alpha value is -3.97. The van der Waals surface area contributed by atoms with E-state index in [4.69, 9.17) is 19.0 Å². The highest BCUT2D eigenvalue weighted by Gasteiger charge is 2.65. The fourth-order valence-electron chi connectivity index (χ4n) is 5.42. The Morgan fingerprint density at radius 1 is 1.00 bits per heavy atom. The normalized spacial score (nSPS) is 22.4. The molecule has 19 heteroatoms. The van der Waals surface area contributed by atoms with Crippen LogP contribution >= 0.6 is 11.8 Å². The van der Waals surface area contributed by atoms with Gasteiger partial charge in [-0.25, -0.2) is 9.59 Å². The molecule has 4 aliphatic heterocycles. The van der Waals surface area contributed by atoms with Crippen molar-refractivity contribution < 1.29 is 56.2 Å². The minimum Gasteiger partial charge on any atom is -0.490 e. The molecule has 4 aliphatic rings. The first kappa shape index (κ1) is 35.3. The Balaban J connectivity index is 0.960. The van der Waals surface area contributed by atoms with E-state index in [1.807, 2.05) is 11.8 Å². The minimum absolute atomic E-state index is 0.0231. The smallest absolute Gasteiger partial charge is 0.442 e. The molecule has 0 aromatic heterocycles. The summed E-state index contributed by atoms with van der Waals surface area (Å²) in [5, 5.41) is 15.7. The lowest BCUT2D eigenvalue weighted by Gasteiger charge is -2.18. The predicted molar refractivity (Wildman–Crippen MR) is 160 cm³/mol. The number of imide groups is 1. The Morgan fingerprint density at radius 3 is 2.42 bits per heavy atom. The fraction of sp³-hybridized carbons (Fsp3) is 0.621. The van der Waals surface area contributed by atoms with Gasteiger partial charge >= 0.3 is 23.8 Å². The van der Waals surface area contributed by atoms with Gasteiger partial charge in [-0.3, -0.25) is 14.4 Å². The molecule has 5 rings (SSSR count).